The highest BCUT2D eigenvalue weighted by Gasteiger charge is 2.38. The van der Waals surface area contributed by atoms with Crippen molar-refractivity contribution in [3.8, 4) is 0 Å². The van der Waals surface area contributed by atoms with Crippen LogP contribution in [-0.2, 0) is 9.59 Å². The van der Waals surface area contributed by atoms with Gasteiger partial charge in [-0.2, -0.15) is 0 Å². The van der Waals surface area contributed by atoms with E-state index in [1.807, 2.05) is 0 Å². The van der Waals surface area contributed by atoms with Crippen molar-refractivity contribution in [3.05, 3.63) is 0 Å². The Morgan fingerprint density at radius 1 is 0.615 bits per heavy atom. The molecule has 0 spiro atoms. The van der Waals surface area contributed by atoms with E-state index < -0.39 is 60.4 Å². The van der Waals surface area contributed by atoms with E-state index >= 15 is 0 Å². The summed E-state index contributed by atoms with van der Waals surface area (Å²) < 4.78 is 0. The van der Waals surface area contributed by atoms with E-state index in [0.29, 0.717) is 0 Å². The molecular formula is C16H34N4O6. The summed E-state index contributed by atoms with van der Waals surface area (Å²) in [5.74, 6) is -0.996. The average Bonchev–Trinajstić information content (AvgIpc) is 2.59. The monoisotopic (exact) mass is 378 g/mol. The lowest BCUT2D eigenvalue weighted by molar-refractivity contribution is -0.133. The summed E-state index contributed by atoms with van der Waals surface area (Å²) in [6, 6.07) is 0. The van der Waals surface area contributed by atoms with E-state index in [-0.39, 0.29) is 0 Å². The van der Waals surface area contributed by atoms with Crippen LogP contribution in [0, 0.1) is 0 Å². The number of hydrogen-bond donors (Lipinski definition) is 8. The Morgan fingerprint density at radius 2 is 0.846 bits per heavy atom. The highest BCUT2D eigenvalue weighted by atomic mass is 16.3. The van der Waals surface area contributed by atoms with Crippen LogP contribution in [0.15, 0.2) is 0 Å². The van der Waals surface area contributed by atoms with Gasteiger partial charge >= 0.3 is 0 Å². The lowest BCUT2D eigenvalue weighted by Crippen LogP contribution is -2.69. The molecule has 26 heavy (non-hydrogen) atoms. The van der Waals surface area contributed by atoms with Crippen LogP contribution in [0.5, 0.6) is 0 Å². The van der Waals surface area contributed by atoms with E-state index in [9.17, 15) is 30.0 Å². The molecule has 0 aromatic heterocycles. The number of nitrogens with one attached hydrogen (secondary N) is 4. The molecule has 2 amide bonds. The maximum atomic E-state index is 12.4. The number of carbonyl (C=O) groups excluding carboxylic acids is 2. The minimum Gasteiger partial charge on any atom is -0.394 e. The van der Waals surface area contributed by atoms with Gasteiger partial charge < -0.3 is 31.1 Å². The fourth-order valence-corrected chi connectivity index (χ4v) is 1.54. The van der Waals surface area contributed by atoms with Crippen LogP contribution in [0.2, 0.25) is 0 Å². The van der Waals surface area contributed by atoms with Gasteiger partial charge in [0.15, 0.2) is 0 Å². The van der Waals surface area contributed by atoms with Gasteiger partial charge in [0.1, 0.15) is 11.1 Å². The topological polar surface area (TPSA) is 163 Å². The quantitative estimate of drug-likeness (QED) is 0.181. The summed E-state index contributed by atoms with van der Waals surface area (Å²) in [6.07, 6.45) is 0. The number of hydrazine groups is 1. The van der Waals surface area contributed by atoms with Gasteiger partial charge in [-0.3, -0.25) is 9.59 Å². The van der Waals surface area contributed by atoms with Crippen LogP contribution >= 0.6 is 0 Å². The summed E-state index contributed by atoms with van der Waals surface area (Å²) >= 11 is 0. The van der Waals surface area contributed by atoms with Crippen molar-refractivity contribution in [3.63, 3.8) is 0 Å². The van der Waals surface area contributed by atoms with Gasteiger partial charge in [-0.05, 0) is 41.5 Å². The first-order valence-electron chi connectivity index (χ1n) is 8.34. The molecule has 0 aliphatic rings. The maximum Gasteiger partial charge on any atom is 0.241 e. The Bertz CT molecular complexity index is 443. The van der Waals surface area contributed by atoms with Gasteiger partial charge in [-0.1, -0.05) is 0 Å². The Hall–Kier alpha value is -1.30. The third-order valence-electron chi connectivity index (χ3n) is 4.05. The van der Waals surface area contributed by atoms with Gasteiger partial charge in [0.2, 0.25) is 11.8 Å². The summed E-state index contributed by atoms with van der Waals surface area (Å²) in [5.41, 5.74) is 0.815. The maximum absolute atomic E-state index is 12.4. The second-order valence-electron chi connectivity index (χ2n) is 8.16. The fourth-order valence-electron chi connectivity index (χ4n) is 1.54. The summed E-state index contributed by atoms with van der Waals surface area (Å²) in [6.45, 7) is 7.48. The molecule has 154 valence electrons. The number of carbonyl (C=O) groups is 2. The lowest BCUT2D eigenvalue weighted by Gasteiger charge is -2.37. The minimum atomic E-state index is -1.18. The standard InChI is InChI=1S/C16H34N4O6/c1-13(2,11(25)17-15(5,7-21)8-22)19-20-14(3,4)12(26)18-16(6,9-23)10-24/h19-24H,7-10H2,1-6H3,(H,17,25)(H,18,26). The molecule has 0 aromatic rings. The molecule has 0 rings (SSSR count). The average molecular weight is 378 g/mol. The van der Waals surface area contributed by atoms with Gasteiger partial charge in [0, 0.05) is 0 Å². The molecule has 0 radical (unpaired) electrons. The first kappa shape index (κ1) is 24.7. The third-order valence-corrected chi connectivity index (χ3v) is 4.05. The minimum absolute atomic E-state index is 0.437. The van der Waals surface area contributed by atoms with Crippen molar-refractivity contribution in [2.24, 2.45) is 0 Å². The fraction of sp³-hybridized carbons (Fsp3) is 0.875. The molecule has 0 bridgehead atoms. The van der Waals surface area contributed by atoms with Crippen LogP contribution in [0.25, 0.3) is 0 Å². The normalized spacial score (nSPS) is 13.5. The molecular weight excluding hydrogens is 344 g/mol. The van der Waals surface area contributed by atoms with Crippen molar-refractivity contribution >= 4 is 11.8 Å². The third kappa shape index (κ3) is 6.78. The number of aliphatic hydroxyl groups is 4. The second kappa shape index (κ2) is 9.07. The van der Waals surface area contributed by atoms with E-state index in [1.165, 1.54) is 13.8 Å². The Labute approximate surface area is 154 Å². The molecule has 10 nitrogen and oxygen atoms in total. The van der Waals surface area contributed by atoms with Crippen LogP contribution in [0.4, 0.5) is 0 Å². The van der Waals surface area contributed by atoms with Crippen LogP contribution in [0.3, 0.4) is 0 Å². The number of rotatable bonds is 11. The van der Waals surface area contributed by atoms with E-state index in [4.69, 9.17) is 0 Å². The molecule has 0 atom stereocenters. The first-order chi connectivity index (χ1) is 11.7. The molecule has 0 saturated heterocycles. The molecule has 0 heterocycles. The molecule has 0 aliphatic carbocycles. The van der Waals surface area contributed by atoms with Crippen molar-refractivity contribution in [1.29, 1.82) is 0 Å². The van der Waals surface area contributed by atoms with Crippen molar-refractivity contribution in [1.82, 2.24) is 21.5 Å². The molecule has 0 unspecified atom stereocenters. The number of aliphatic hydroxyl groups excluding tert-OH is 4. The zero-order valence-electron chi connectivity index (χ0n) is 16.4. The van der Waals surface area contributed by atoms with Crippen LogP contribution in [-0.4, -0.2) is 80.8 Å². The zero-order chi connectivity index (χ0) is 20.8. The predicted octanol–water partition coefficient (Wildman–Crippen LogP) is -2.64. The second-order valence-corrected chi connectivity index (χ2v) is 8.16. The molecule has 0 saturated carbocycles. The highest BCUT2D eigenvalue weighted by Crippen LogP contribution is 2.10. The number of amides is 2. The number of hydrogen-bond acceptors (Lipinski definition) is 8. The van der Waals surface area contributed by atoms with Gasteiger partial charge in [-0.15, -0.1) is 0 Å². The zero-order valence-corrected chi connectivity index (χ0v) is 16.4. The summed E-state index contributed by atoms with van der Waals surface area (Å²) in [4.78, 5) is 24.8. The van der Waals surface area contributed by atoms with E-state index in [1.54, 1.807) is 27.7 Å². The lowest BCUT2D eigenvalue weighted by atomic mass is 9.98. The SMILES string of the molecule is CC(CO)(CO)NC(=O)C(C)(C)NNC(C)(C)C(=O)NC(C)(CO)CO. The van der Waals surface area contributed by atoms with Crippen LogP contribution < -0.4 is 21.5 Å². The smallest absolute Gasteiger partial charge is 0.241 e. The largest absolute Gasteiger partial charge is 0.394 e. The Morgan fingerprint density at radius 3 is 1.04 bits per heavy atom. The predicted molar refractivity (Wildman–Crippen MR) is 95.9 cm³/mol. The summed E-state index contributed by atoms with van der Waals surface area (Å²) in [5, 5.41) is 42.2. The van der Waals surface area contributed by atoms with Gasteiger partial charge in [-0.25, -0.2) is 10.9 Å². The molecule has 0 fully saturated rings. The van der Waals surface area contributed by atoms with Crippen molar-refractivity contribution in [2.45, 2.75) is 63.7 Å². The van der Waals surface area contributed by atoms with E-state index in [2.05, 4.69) is 21.5 Å². The van der Waals surface area contributed by atoms with E-state index in [0.717, 1.165) is 0 Å². The summed E-state index contributed by atoms with van der Waals surface area (Å²) in [7, 11) is 0. The Kier molecular flexibility index (Phi) is 8.61. The highest BCUT2D eigenvalue weighted by molar-refractivity contribution is 5.87. The molecule has 10 heteroatoms. The van der Waals surface area contributed by atoms with Crippen LogP contribution in [0.1, 0.15) is 41.5 Å². The van der Waals surface area contributed by atoms with Gasteiger partial charge in [0.25, 0.3) is 0 Å². The van der Waals surface area contributed by atoms with Crippen molar-refractivity contribution in [2.75, 3.05) is 26.4 Å². The van der Waals surface area contributed by atoms with Gasteiger partial charge in [0.05, 0.1) is 37.5 Å². The Balaban J connectivity index is 4.96. The first-order valence-corrected chi connectivity index (χ1v) is 8.34. The molecule has 8 N–H and O–H groups in total. The van der Waals surface area contributed by atoms with Crippen molar-refractivity contribution < 1.29 is 30.0 Å². The molecule has 0 aliphatic heterocycles. The molecule has 0 aromatic carbocycles.